The number of carboxylic acids is 1. The van der Waals surface area contributed by atoms with Crippen molar-refractivity contribution in [2.24, 2.45) is 5.73 Å². The predicted molar refractivity (Wildman–Crippen MR) is 71.0 cm³/mol. The molecule has 18 heavy (non-hydrogen) atoms. The molecule has 5 nitrogen and oxygen atoms in total. The quantitative estimate of drug-likeness (QED) is 0.841. The topological polar surface area (TPSA) is 81.8 Å². The monoisotopic (exact) mass is 317 g/mol. The lowest BCUT2D eigenvalue weighted by Crippen LogP contribution is -2.14. The molecule has 1 rings (SSSR count). The van der Waals surface area contributed by atoms with Gasteiger partial charge in [-0.15, -0.1) is 0 Å². The minimum atomic E-state index is -0.867. The number of carboxylic acid groups (broad SMARTS) is 1. The van der Waals surface area contributed by atoms with Crippen molar-refractivity contribution in [2.75, 3.05) is 14.2 Å². The van der Waals surface area contributed by atoms with Crippen LogP contribution in [0.1, 0.15) is 24.4 Å². The van der Waals surface area contributed by atoms with Gasteiger partial charge in [0.2, 0.25) is 0 Å². The van der Waals surface area contributed by atoms with Gasteiger partial charge < -0.3 is 20.3 Å². The SMILES string of the molecule is COc1cc(Br)c(C(N)CCC(=O)O)c(OC)c1. The zero-order chi connectivity index (χ0) is 13.7. The van der Waals surface area contributed by atoms with Crippen molar-refractivity contribution in [3.8, 4) is 11.5 Å². The number of carbonyl (C=O) groups is 1. The lowest BCUT2D eigenvalue weighted by molar-refractivity contribution is -0.137. The van der Waals surface area contributed by atoms with Gasteiger partial charge in [0.25, 0.3) is 0 Å². The zero-order valence-corrected chi connectivity index (χ0v) is 11.9. The van der Waals surface area contributed by atoms with Gasteiger partial charge in [0.15, 0.2) is 0 Å². The molecule has 0 aliphatic heterocycles. The van der Waals surface area contributed by atoms with Crippen LogP contribution in [-0.4, -0.2) is 25.3 Å². The largest absolute Gasteiger partial charge is 0.497 e. The number of benzene rings is 1. The maximum absolute atomic E-state index is 10.6. The van der Waals surface area contributed by atoms with Crippen molar-refractivity contribution in [3.05, 3.63) is 22.2 Å². The van der Waals surface area contributed by atoms with Crippen LogP contribution in [0.2, 0.25) is 0 Å². The van der Waals surface area contributed by atoms with Crippen molar-refractivity contribution in [3.63, 3.8) is 0 Å². The van der Waals surface area contributed by atoms with Gasteiger partial charge in [-0.2, -0.15) is 0 Å². The van der Waals surface area contributed by atoms with E-state index in [1.165, 1.54) is 7.11 Å². The van der Waals surface area contributed by atoms with Gasteiger partial charge in [-0.25, -0.2) is 0 Å². The van der Waals surface area contributed by atoms with Gasteiger partial charge >= 0.3 is 5.97 Å². The number of hydrogen-bond acceptors (Lipinski definition) is 4. The van der Waals surface area contributed by atoms with E-state index in [0.717, 1.165) is 10.0 Å². The van der Waals surface area contributed by atoms with E-state index >= 15 is 0 Å². The average molecular weight is 318 g/mol. The summed E-state index contributed by atoms with van der Waals surface area (Å²) in [5, 5.41) is 8.67. The third kappa shape index (κ3) is 3.61. The van der Waals surface area contributed by atoms with Crippen molar-refractivity contribution >= 4 is 21.9 Å². The molecule has 0 aliphatic carbocycles. The molecule has 0 saturated heterocycles. The first-order valence-corrected chi connectivity index (χ1v) is 6.17. The lowest BCUT2D eigenvalue weighted by Gasteiger charge is -2.18. The number of rotatable bonds is 6. The molecule has 0 bridgehead atoms. The molecular formula is C12H16BrNO4. The molecule has 0 amide bonds. The molecule has 0 saturated carbocycles. The number of hydrogen-bond donors (Lipinski definition) is 2. The van der Waals surface area contributed by atoms with Gasteiger partial charge in [0.05, 0.1) is 14.2 Å². The summed E-state index contributed by atoms with van der Waals surface area (Å²) in [4.78, 5) is 10.6. The highest BCUT2D eigenvalue weighted by Crippen LogP contribution is 2.37. The van der Waals surface area contributed by atoms with Crippen LogP contribution in [0.15, 0.2) is 16.6 Å². The fourth-order valence-corrected chi connectivity index (χ4v) is 2.35. The highest BCUT2D eigenvalue weighted by atomic mass is 79.9. The van der Waals surface area contributed by atoms with E-state index in [1.807, 2.05) is 0 Å². The van der Waals surface area contributed by atoms with Gasteiger partial charge in [-0.3, -0.25) is 4.79 Å². The number of methoxy groups -OCH3 is 2. The maximum atomic E-state index is 10.6. The summed E-state index contributed by atoms with van der Waals surface area (Å²) < 4.78 is 11.1. The fraction of sp³-hybridized carbons (Fsp3) is 0.417. The van der Waals surface area contributed by atoms with E-state index in [2.05, 4.69) is 15.9 Å². The van der Waals surface area contributed by atoms with Crippen LogP contribution >= 0.6 is 15.9 Å². The van der Waals surface area contributed by atoms with Gasteiger partial charge in [0, 0.05) is 28.6 Å². The van der Waals surface area contributed by atoms with Crippen LogP contribution in [0.5, 0.6) is 11.5 Å². The highest BCUT2D eigenvalue weighted by molar-refractivity contribution is 9.10. The van der Waals surface area contributed by atoms with Crippen LogP contribution in [0.4, 0.5) is 0 Å². The van der Waals surface area contributed by atoms with Crippen molar-refractivity contribution in [1.82, 2.24) is 0 Å². The first kappa shape index (κ1) is 14.8. The van der Waals surface area contributed by atoms with E-state index in [4.69, 9.17) is 20.3 Å². The first-order valence-electron chi connectivity index (χ1n) is 5.38. The van der Waals surface area contributed by atoms with Crippen LogP contribution in [-0.2, 0) is 4.79 Å². The number of aliphatic carboxylic acids is 1. The number of ether oxygens (including phenoxy) is 2. The van der Waals surface area contributed by atoms with E-state index in [0.29, 0.717) is 17.9 Å². The molecule has 0 aromatic heterocycles. The zero-order valence-electron chi connectivity index (χ0n) is 10.3. The Kier molecular flexibility index (Phi) is 5.43. The lowest BCUT2D eigenvalue weighted by atomic mass is 10.0. The van der Waals surface area contributed by atoms with Crippen LogP contribution in [0.25, 0.3) is 0 Å². The van der Waals surface area contributed by atoms with E-state index < -0.39 is 12.0 Å². The Labute approximate surface area is 114 Å². The van der Waals surface area contributed by atoms with E-state index in [1.54, 1.807) is 19.2 Å². The van der Waals surface area contributed by atoms with Gasteiger partial charge in [-0.05, 0) is 12.5 Å². The Balaban J connectivity index is 3.02. The van der Waals surface area contributed by atoms with Crippen LogP contribution in [0.3, 0.4) is 0 Å². The molecule has 6 heteroatoms. The third-order valence-electron chi connectivity index (χ3n) is 2.56. The van der Waals surface area contributed by atoms with Crippen molar-refractivity contribution < 1.29 is 19.4 Å². The van der Waals surface area contributed by atoms with Gasteiger partial charge in [0.1, 0.15) is 11.5 Å². The number of halogens is 1. The molecule has 1 aromatic rings. The summed E-state index contributed by atoms with van der Waals surface area (Å²) in [6.45, 7) is 0. The van der Waals surface area contributed by atoms with Gasteiger partial charge in [-0.1, -0.05) is 15.9 Å². The molecule has 1 unspecified atom stereocenters. The molecule has 0 aliphatic rings. The Morgan fingerprint density at radius 2 is 2.11 bits per heavy atom. The molecule has 0 heterocycles. The summed E-state index contributed by atoms with van der Waals surface area (Å²) in [5.74, 6) is 0.362. The molecule has 0 radical (unpaired) electrons. The summed E-state index contributed by atoms with van der Waals surface area (Å²) in [6, 6.07) is 3.09. The normalized spacial score (nSPS) is 12.0. The molecule has 1 aromatic carbocycles. The number of nitrogens with two attached hydrogens (primary N) is 1. The predicted octanol–water partition coefficient (Wildman–Crippen LogP) is 2.33. The second-order valence-electron chi connectivity index (χ2n) is 3.76. The minimum absolute atomic E-state index is 0.0167. The Morgan fingerprint density at radius 3 is 2.61 bits per heavy atom. The van der Waals surface area contributed by atoms with Crippen molar-refractivity contribution in [2.45, 2.75) is 18.9 Å². The van der Waals surface area contributed by atoms with E-state index in [9.17, 15) is 4.79 Å². The fourth-order valence-electron chi connectivity index (χ4n) is 1.64. The Morgan fingerprint density at radius 1 is 1.44 bits per heavy atom. The third-order valence-corrected chi connectivity index (χ3v) is 3.22. The minimum Gasteiger partial charge on any atom is -0.497 e. The molecule has 1 atom stereocenters. The molecule has 3 N–H and O–H groups in total. The Bertz CT molecular complexity index is 436. The summed E-state index contributed by atoms with van der Waals surface area (Å²) in [5.41, 5.74) is 6.75. The summed E-state index contributed by atoms with van der Waals surface area (Å²) in [6.07, 6.45) is 0.361. The average Bonchev–Trinajstić information content (AvgIpc) is 2.34. The molecular weight excluding hydrogens is 302 g/mol. The summed E-state index contributed by atoms with van der Waals surface area (Å²) >= 11 is 3.40. The summed E-state index contributed by atoms with van der Waals surface area (Å²) in [7, 11) is 3.10. The van der Waals surface area contributed by atoms with Crippen molar-refractivity contribution in [1.29, 1.82) is 0 Å². The Hall–Kier alpha value is -1.27. The van der Waals surface area contributed by atoms with Crippen LogP contribution < -0.4 is 15.2 Å². The smallest absolute Gasteiger partial charge is 0.303 e. The van der Waals surface area contributed by atoms with Crippen LogP contribution in [0, 0.1) is 0 Å². The second kappa shape index (κ2) is 6.61. The molecule has 0 fully saturated rings. The maximum Gasteiger partial charge on any atom is 0.303 e. The molecule has 0 spiro atoms. The highest BCUT2D eigenvalue weighted by Gasteiger charge is 2.18. The first-order chi connectivity index (χ1) is 8.49. The molecule has 100 valence electrons. The van der Waals surface area contributed by atoms with E-state index in [-0.39, 0.29) is 6.42 Å². The standard InChI is InChI=1S/C12H16BrNO4/c1-17-7-5-8(13)12(10(6-7)18-2)9(14)3-4-11(15)16/h5-6,9H,3-4,14H2,1-2H3,(H,15,16). The second-order valence-corrected chi connectivity index (χ2v) is 4.62.